The third-order valence-corrected chi connectivity index (χ3v) is 5.84. The van der Waals surface area contributed by atoms with Gasteiger partial charge in [0.05, 0.1) is 6.61 Å². The van der Waals surface area contributed by atoms with E-state index in [2.05, 4.69) is 40.7 Å². The Morgan fingerprint density at radius 1 is 1.23 bits per heavy atom. The van der Waals surface area contributed by atoms with Gasteiger partial charge in [-0.15, -0.1) is 0 Å². The number of aryl methyl sites for hydroxylation is 1. The highest BCUT2D eigenvalue weighted by Crippen LogP contribution is 2.56. The molecule has 0 amide bonds. The van der Waals surface area contributed by atoms with Crippen LogP contribution in [0.2, 0.25) is 0 Å². The predicted octanol–water partition coefficient (Wildman–Crippen LogP) is 3.27. The zero-order chi connectivity index (χ0) is 18.4. The van der Waals surface area contributed by atoms with Gasteiger partial charge in [-0.3, -0.25) is 4.99 Å². The molecule has 0 heterocycles. The van der Waals surface area contributed by atoms with Crippen molar-refractivity contribution in [2.75, 3.05) is 33.9 Å². The lowest BCUT2D eigenvalue weighted by atomic mass is 9.65. The third kappa shape index (κ3) is 4.70. The number of ether oxygens (including phenoxy) is 2. The molecule has 2 saturated carbocycles. The molecule has 5 nitrogen and oxygen atoms in total. The van der Waals surface area contributed by atoms with Crippen LogP contribution in [-0.2, 0) is 11.3 Å². The van der Waals surface area contributed by atoms with E-state index in [1.165, 1.54) is 37.7 Å². The van der Waals surface area contributed by atoms with Gasteiger partial charge in [-0.05, 0) is 55.6 Å². The van der Waals surface area contributed by atoms with Gasteiger partial charge in [0, 0.05) is 32.8 Å². The second-order valence-electron chi connectivity index (χ2n) is 7.72. The Hall–Kier alpha value is -1.75. The van der Waals surface area contributed by atoms with Gasteiger partial charge in [0.25, 0.3) is 0 Å². The van der Waals surface area contributed by atoms with E-state index in [9.17, 15) is 0 Å². The Morgan fingerprint density at radius 3 is 2.65 bits per heavy atom. The van der Waals surface area contributed by atoms with E-state index < -0.39 is 0 Å². The van der Waals surface area contributed by atoms with Crippen LogP contribution in [0.3, 0.4) is 0 Å². The van der Waals surface area contributed by atoms with Crippen molar-refractivity contribution < 1.29 is 9.47 Å². The fourth-order valence-corrected chi connectivity index (χ4v) is 3.89. The lowest BCUT2D eigenvalue weighted by molar-refractivity contribution is 0.106. The number of methoxy groups -OCH3 is 1. The molecular formula is C21H33N3O2. The topological polar surface area (TPSA) is 54.9 Å². The van der Waals surface area contributed by atoms with Gasteiger partial charge in [0.2, 0.25) is 0 Å². The number of rotatable bonds is 9. The van der Waals surface area contributed by atoms with E-state index in [1.54, 1.807) is 7.11 Å². The zero-order valence-electron chi connectivity index (χ0n) is 16.4. The molecule has 0 aromatic heterocycles. The molecule has 2 aliphatic rings. The maximum atomic E-state index is 5.88. The Balaban J connectivity index is 1.53. The van der Waals surface area contributed by atoms with Gasteiger partial charge >= 0.3 is 0 Å². The van der Waals surface area contributed by atoms with Crippen LogP contribution in [0.25, 0.3) is 0 Å². The third-order valence-electron chi connectivity index (χ3n) is 5.84. The summed E-state index contributed by atoms with van der Waals surface area (Å²) in [7, 11) is 3.53. The molecule has 5 heteroatoms. The highest BCUT2D eigenvalue weighted by Gasteiger charge is 2.48. The Labute approximate surface area is 157 Å². The maximum Gasteiger partial charge on any atom is 0.191 e. The van der Waals surface area contributed by atoms with Crippen LogP contribution in [0.4, 0.5) is 0 Å². The summed E-state index contributed by atoms with van der Waals surface area (Å²) in [5.74, 6) is 2.73. The zero-order valence-corrected chi connectivity index (χ0v) is 16.4. The van der Waals surface area contributed by atoms with Gasteiger partial charge in [0.1, 0.15) is 12.4 Å². The van der Waals surface area contributed by atoms with Crippen LogP contribution in [-0.4, -0.2) is 39.9 Å². The van der Waals surface area contributed by atoms with E-state index >= 15 is 0 Å². The van der Waals surface area contributed by atoms with E-state index in [0.29, 0.717) is 25.2 Å². The fraction of sp³-hybridized carbons (Fsp3) is 0.667. The first-order chi connectivity index (χ1) is 12.7. The number of hydrogen-bond acceptors (Lipinski definition) is 3. The normalized spacial score (nSPS) is 19.0. The average molecular weight is 360 g/mol. The number of aliphatic imine (C=N–C) groups is 1. The molecule has 0 unspecified atom stereocenters. The van der Waals surface area contributed by atoms with Crippen LogP contribution >= 0.6 is 0 Å². The molecule has 0 radical (unpaired) electrons. The second kappa shape index (κ2) is 8.76. The molecule has 0 spiro atoms. The molecule has 2 fully saturated rings. The number of hydrogen-bond donors (Lipinski definition) is 2. The quantitative estimate of drug-likeness (QED) is 0.404. The van der Waals surface area contributed by atoms with Crippen molar-refractivity contribution in [2.24, 2.45) is 16.3 Å². The summed E-state index contributed by atoms with van der Waals surface area (Å²) in [4.78, 5) is 4.40. The van der Waals surface area contributed by atoms with Gasteiger partial charge in [-0.1, -0.05) is 18.6 Å². The molecule has 144 valence electrons. The summed E-state index contributed by atoms with van der Waals surface area (Å²) >= 11 is 0. The monoisotopic (exact) mass is 359 g/mol. The largest absolute Gasteiger partial charge is 0.491 e. The van der Waals surface area contributed by atoms with Gasteiger partial charge in [0.15, 0.2) is 5.96 Å². The van der Waals surface area contributed by atoms with Gasteiger partial charge < -0.3 is 20.1 Å². The smallest absolute Gasteiger partial charge is 0.191 e. The van der Waals surface area contributed by atoms with Crippen LogP contribution in [0.15, 0.2) is 23.2 Å². The van der Waals surface area contributed by atoms with Crippen LogP contribution in [0, 0.1) is 18.3 Å². The molecule has 26 heavy (non-hydrogen) atoms. The summed E-state index contributed by atoms with van der Waals surface area (Å²) in [6.07, 6.45) is 6.96. The first kappa shape index (κ1) is 19.0. The Kier molecular flexibility index (Phi) is 6.41. The predicted molar refractivity (Wildman–Crippen MR) is 106 cm³/mol. The molecule has 3 rings (SSSR count). The molecular weight excluding hydrogens is 326 g/mol. The molecule has 2 aliphatic carbocycles. The Morgan fingerprint density at radius 2 is 2.04 bits per heavy atom. The minimum absolute atomic E-state index is 0.538. The van der Waals surface area contributed by atoms with Gasteiger partial charge in [-0.2, -0.15) is 0 Å². The summed E-state index contributed by atoms with van der Waals surface area (Å²) in [5.41, 5.74) is 2.87. The fourth-order valence-electron chi connectivity index (χ4n) is 3.89. The molecule has 0 aliphatic heterocycles. The van der Waals surface area contributed by atoms with Crippen molar-refractivity contribution in [2.45, 2.75) is 45.6 Å². The molecule has 2 N–H and O–H groups in total. The van der Waals surface area contributed by atoms with Crippen molar-refractivity contribution in [3.05, 3.63) is 29.3 Å². The maximum absolute atomic E-state index is 5.88. The number of benzene rings is 1. The second-order valence-corrected chi connectivity index (χ2v) is 7.72. The standard InChI is InChI=1S/C21H33N3O2/c1-16-5-6-17(19(13-16)26-12-11-25-3)14-23-20(22-2)24-15-21(9-4-10-21)18-7-8-18/h5-6,13,18H,4,7-12,14-15H2,1-3H3,(H2,22,23,24). The Bertz CT molecular complexity index is 622. The lowest BCUT2D eigenvalue weighted by Crippen LogP contribution is -2.47. The van der Waals surface area contributed by atoms with Crippen molar-refractivity contribution in [1.29, 1.82) is 0 Å². The minimum atomic E-state index is 0.538. The summed E-state index contributed by atoms with van der Waals surface area (Å²) in [5, 5.41) is 7.01. The molecule has 1 aromatic rings. The summed E-state index contributed by atoms with van der Waals surface area (Å²) in [6, 6.07) is 6.32. The molecule has 0 saturated heterocycles. The van der Waals surface area contributed by atoms with Crippen LogP contribution < -0.4 is 15.4 Å². The SMILES string of the molecule is CN=C(NCc1ccc(C)cc1OCCOC)NCC1(C2CC2)CCC1. The highest BCUT2D eigenvalue weighted by molar-refractivity contribution is 5.79. The van der Waals surface area contributed by atoms with E-state index in [1.807, 2.05) is 7.05 Å². The minimum Gasteiger partial charge on any atom is -0.491 e. The van der Waals surface area contributed by atoms with Crippen LogP contribution in [0.5, 0.6) is 5.75 Å². The van der Waals surface area contributed by atoms with E-state index in [4.69, 9.17) is 9.47 Å². The van der Waals surface area contributed by atoms with E-state index in [0.717, 1.165) is 29.7 Å². The van der Waals surface area contributed by atoms with Crippen molar-refractivity contribution >= 4 is 5.96 Å². The van der Waals surface area contributed by atoms with Crippen molar-refractivity contribution in [1.82, 2.24) is 10.6 Å². The van der Waals surface area contributed by atoms with Crippen molar-refractivity contribution in [3.8, 4) is 5.75 Å². The molecule has 1 aromatic carbocycles. The summed E-state index contributed by atoms with van der Waals surface area (Å²) in [6.45, 7) is 4.97. The highest BCUT2D eigenvalue weighted by atomic mass is 16.5. The molecule has 0 bridgehead atoms. The lowest BCUT2D eigenvalue weighted by Gasteiger charge is -2.43. The number of nitrogens with one attached hydrogen (secondary N) is 2. The first-order valence-electron chi connectivity index (χ1n) is 9.83. The number of nitrogens with zero attached hydrogens (tertiary/aromatic N) is 1. The summed E-state index contributed by atoms with van der Waals surface area (Å²) < 4.78 is 11.0. The first-order valence-corrected chi connectivity index (χ1v) is 9.83. The van der Waals surface area contributed by atoms with E-state index in [-0.39, 0.29) is 0 Å². The van der Waals surface area contributed by atoms with Gasteiger partial charge in [-0.25, -0.2) is 0 Å². The van der Waals surface area contributed by atoms with Crippen LogP contribution in [0.1, 0.15) is 43.2 Å². The van der Waals surface area contributed by atoms with Crippen molar-refractivity contribution in [3.63, 3.8) is 0 Å². The average Bonchev–Trinajstić information content (AvgIpc) is 3.43. The number of guanidine groups is 1. The molecule has 0 atom stereocenters.